The number of ether oxygens (including phenoxy) is 2. The Bertz CT molecular complexity index is 1230. The molecular formula is C17H16ClN5O5. The van der Waals surface area contributed by atoms with Crippen molar-refractivity contribution in [3.63, 3.8) is 0 Å². The number of fused-ring (bicyclic) bond motifs is 2. The molecule has 1 amide bonds. The summed E-state index contributed by atoms with van der Waals surface area (Å²) in [4.78, 5) is 41.0. The quantitative estimate of drug-likeness (QED) is 0.618. The number of hydrogen-bond donors (Lipinski definition) is 1. The second kappa shape index (κ2) is 6.71. The zero-order valence-corrected chi connectivity index (χ0v) is 15.8. The average molecular weight is 406 g/mol. The number of aromatic nitrogens is 4. The lowest BCUT2D eigenvalue weighted by molar-refractivity contribution is -0.121. The van der Waals surface area contributed by atoms with E-state index in [9.17, 15) is 14.4 Å². The van der Waals surface area contributed by atoms with Crippen LogP contribution in [0.4, 0.5) is 0 Å². The summed E-state index contributed by atoms with van der Waals surface area (Å²) in [5, 5.41) is 2.71. The highest BCUT2D eigenvalue weighted by molar-refractivity contribution is 6.29. The molecule has 0 atom stereocenters. The molecular weight excluding hydrogens is 390 g/mol. The lowest BCUT2D eigenvalue weighted by atomic mass is 10.2. The Kier molecular flexibility index (Phi) is 4.34. The van der Waals surface area contributed by atoms with Gasteiger partial charge < -0.3 is 14.8 Å². The van der Waals surface area contributed by atoms with Crippen molar-refractivity contribution in [3.05, 3.63) is 49.9 Å². The molecule has 10 nitrogen and oxygen atoms in total. The highest BCUT2D eigenvalue weighted by Gasteiger charge is 2.20. The molecule has 0 unspecified atom stereocenters. The SMILES string of the molecule is Cn1c(=O)c2c(nc(Cl)n2CC(=O)NCc2ccc3c(c2)OCO3)n(C)c1=O. The summed E-state index contributed by atoms with van der Waals surface area (Å²) in [7, 11) is 2.84. The minimum atomic E-state index is -0.568. The molecule has 146 valence electrons. The van der Waals surface area contributed by atoms with Gasteiger partial charge in [0.2, 0.25) is 18.0 Å². The molecule has 0 saturated heterocycles. The Balaban J connectivity index is 1.56. The maximum Gasteiger partial charge on any atom is 0.332 e. The summed E-state index contributed by atoms with van der Waals surface area (Å²) in [6.45, 7) is 0.221. The molecule has 0 radical (unpaired) electrons. The molecule has 0 aliphatic carbocycles. The number of benzene rings is 1. The van der Waals surface area contributed by atoms with Crippen molar-refractivity contribution < 1.29 is 14.3 Å². The minimum absolute atomic E-state index is 0.0495. The second-order valence-electron chi connectivity index (χ2n) is 6.31. The third-order valence-electron chi connectivity index (χ3n) is 4.53. The number of nitrogens with zero attached hydrogens (tertiary/aromatic N) is 4. The normalized spacial score (nSPS) is 12.5. The molecule has 1 aliphatic rings. The fraction of sp³-hybridized carbons (Fsp3) is 0.294. The van der Waals surface area contributed by atoms with Crippen molar-refractivity contribution in [1.82, 2.24) is 24.0 Å². The summed E-state index contributed by atoms with van der Waals surface area (Å²) in [6.07, 6.45) is 0. The summed E-state index contributed by atoms with van der Waals surface area (Å²) in [6, 6.07) is 5.38. The van der Waals surface area contributed by atoms with Crippen LogP contribution < -0.4 is 26.0 Å². The fourth-order valence-corrected chi connectivity index (χ4v) is 3.24. The Labute approximate surface area is 162 Å². The predicted molar refractivity (Wildman–Crippen MR) is 99.6 cm³/mol. The number of aryl methyl sites for hydroxylation is 1. The number of halogens is 1. The van der Waals surface area contributed by atoms with Crippen molar-refractivity contribution in [2.45, 2.75) is 13.1 Å². The van der Waals surface area contributed by atoms with Gasteiger partial charge in [-0.05, 0) is 29.3 Å². The van der Waals surface area contributed by atoms with E-state index in [-0.39, 0.29) is 42.2 Å². The third-order valence-corrected chi connectivity index (χ3v) is 4.82. The van der Waals surface area contributed by atoms with Gasteiger partial charge in [-0.3, -0.25) is 23.3 Å². The standard InChI is InChI=1S/C17H16ClN5O5/c1-21-14-13(15(25)22(2)17(21)26)23(16(18)20-14)7-12(24)19-6-9-3-4-10-11(5-9)28-8-27-10/h3-5H,6-8H2,1-2H3,(H,19,24). The third kappa shape index (κ3) is 2.91. The Hall–Kier alpha value is -3.27. The van der Waals surface area contributed by atoms with E-state index in [1.165, 1.54) is 23.2 Å². The highest BCUT2D eigenvalue weighted by atomic mass is 35.5. The van der Waals surface area contributed by atoms with Crippen LogP contribution in [0.15, 0.2) is 27.8 Å². The number of nitrogens with one attached hydrogen (secondary N) is 1. The fourth-order valence-electron chi connectivity index (χ4n) is 3.02. The summed E-state index contributed by atoms with van der Waals surface area (Å²) >= 11 is 6.12. The smallest absolute Gasteiger partial charge is 0.332 e. The zero-order chi connectivity index (χ0) is 20.0. The van der Waals surface area contributed by atoms with Crippen LogP contribution in [0.3, 0.4) is 0 Å². The molecule has 0 fully saturated rings. The van der Waals surface area contributed by atoms with Gasteiger partial charge in [-0.25, -0.2) is 4.79 Å². The molecule has 4 rings (SSSR count). The molecule has 3 aromatic rings. The summed E-state index contributed by atoms with van der Waals surface area (Å²) in [5.41, 5.74) is -0.0425. The lowest BCUT2D eigenvalue weighted by Crippen LogP contribution is -2.38. The van der Waals surface area contributed by atoms with Gasteiger partial charge in [-0.2, -0.15) is 4.98 Å². The van der Waals surface area contributed by atoms with E-state index >= 15 is 0 Å². The van der Waals surface area contributed by atoms with E-state index in [1.54, 1.807) is 12.1 Å². The van der Waals surface area contributed by atoms with Gasteiger partial charge in [0.25, 0.3) is 5.56 Å². The van der Waals surface area contributed by atoms with E-state index in [0.717, 1.165) is 10.1 Å². The van der Waals surface area contributed by atoms with Crippen LogP contribution in [0.1, 0.15) is 5.56 Å². The van der Waals surface area contributed by atoms with Gasteiger partial charge in [0, 0.05) is 20.6 Å². The van der Waals surface area contributed by atoms with E-state index in [4.69, 9.17) is 21.1 Å². The van der Waals surface area contributed by atoms with Crippen LogP contribution in [0.2, 0.25) is 5.28 Å². The number of carbonyl (C=O) groups excluding carboxylic acids is 1. The van der Waals surface area contributed by atoms with E-state index in [0.29, 0.717) is 11.5 Å². The van der Waals surface area contributed by atoms with Gasteiger partial charge in [0.1, 0.15) is 6.54 Å². The average Bonchev–Trinajstić information content (AvgIpc) is 3.27. The van der Waals surface area contributed by atoms with Crippen LogP contribution in [-0.4, -0.2) is 31.4 Å². The molecule has 11 heteroatoms. The molecule has 2 aromatic heterocycles. The monoisotopic (exact) mass is 405 g/mol. The van der Waals surface area contributed by atoms with E-state index < -0.39 is 11.2 Å². The van der Waals surface area contributed by atoms with E-state index in [1.807, 2.05) is 6.07 Å². The van der Waals surface area contributed by atoms with Crippen LogP contribution in [-0.2, 0) is 32.0 Å². The number of amides is 1. The van der Waals surface area contributed by atoms with Crippen molar-refractivity contribution in [2.24, 2.45) is 14.1 Å². The van der Waals surface area contributed by atoms with E-state index in [2.05, 4.69) is 10.3 Å². The number of imidazole rings is 1. The maximum atomic E-state index is 12.5. The van der Waals surface area contributed by atoms with Gasteiger partial charge in [0.05, 0.1) is 0 Å². The zero-order valence-electron chi connectivity index (χ0n) is 15.1. The Morgan fingerprint density at radius 3 is 2.75 bits per heavy atom. The molecule has 28 heavy (non-hydrogen) atoms. The Morgan fingerprint density at radius 1 is 1.21 bits per heavy atom. The largest absolute Gasteiger partial charge is 0.454 e. The second-order valence-corrected chi connectivity index (χ2v) is 6.65. The molecule has 0 bridgehead atoms. The first-order valence-electron chi connectivity index (χ1n) is 8.34. The highest BCUT2D eigenvalue weighted by Crippen LogP contribution is 2.32. The summed E-state index contributed by atoms with van der Waals surface area (Å²) in [5.74, 6) is 0.919. The van der Waals surface area contributed by atoms with Crippen molar-refractivity contribution in [3.8, 4) is 11.5 Å². The first kappa shape index (κ1) is 18.1. The number of carbonyl (C=O) groups is 1. The minimum Gasteiger partial charge on any atom is -0.454 e. The first-order chi connectivity index (χ1) is 13.4. The molecule has 0 saturated carbocycles. The number of hydrogen-bond acceptors (Lipinski definition) is 6. The van der Waals surface area contributed by atoms with Crippen LogP contribution in [0.25, 0.3) is 11.2 Å². The molecule has 1 aliphatic heterocycles. The lowest BCUT2D eigenvalue weighted by Gasteiger charge is -2.09. The molecule has 0 spiro atoms. The van der Waals surface area contributed by atoms with Gasteiger partial charge in [0.15, 0.2) is 22.7 Å². The maximum absolute atomic E-state index is 12.5. The topological polar surface area (TPSA) is 109 Å². The van der Waals surface area contributed by atoms with Crippen LogP contribution in [0.5, 0.6) is 11.5 Å². The van der Waals surface area contributed by atoms with Gasteiger partial charge >= 0.3 is 5.69 Å². The van der Waals surface area contributed by atoms with Gasteiger partial charge in [-0.15, -0.1) is 0 Å². The number of rotatable bonds is 4. The predicted octanol–water partition coefficient (Wildman–Crippen LogP) is 0.132. The van der Waals surface area contributed by atoms with Crippen molar-refractivity contribution >= 4 is 28.7 Å². The Morgan fingerprint density at radius 2 is 1.96 bits per heavy atom. The van der Waals surface area contributed by atoms with Crippen molar-refractivity contribution in [2.75, 3.05) is 6.79 Å². The summed E-state index contributed by atoms with van der Waals surface area (Å²) < 4.78 is 14.0. The van der Waals surface area contributed by atoms with Crippen molar-refractivity contribution in [1.29, 1.82) is 0 Å². The molecule has 1 aromatic carbocycles. The van der Waals surface area contributed by atoms with Crippen LogP contribution >= 0.6 is 11.6 Å². The van der Waals surface area contributed by atoms with Gasteiger partial charge in [-0.1, -0.05) is 6.07 Å². The molecule has 3 heterocycles. The van der Waals surface area contributed by atoms with Crippen LogP contribution in [0, 0.1) is 0 Å². The first-order valence-corrected chi connectivity index (χ1v) is 8.71. The molecule has 1 N–H and O–H groups in total.